The van der Waals surface area contributed by atoms with Crippen molar-refractivity contribution in [3.63, 3.8) is 0 Å². The molecule has 2 heterocycles. The number of halogens is 3. The maximum atomic E-state index is 11.8. The molecule has 94 valence electrons. The van der Waals surface area contributed by atoms with Crippen LogP contribution in [0.1, 0.15) is 19.3 Å². The van der Waals surface area contributed by atoms with E-state index >= 15 is 0 Å². The predicted octanol–water partition coefficient (Wildman–Crippen LogP) is 3.21. The van der Waals surface area contributed by atoms with Gasteiger partial charge in [-0.3, -0.25) is 4.84 Å². The zero-order chi connectivity index (χ0) is 12.4. The van der Waals surface area contributed by atoms with Crippen molar-refractivity contribution < 1.29 is 9.63 Å². The number of carbonyl (C=O) groups is 1. The molecule has 1 aliphatic rings. The lowest BCUT2D eigenvalue weighted by Gasteiger charge is -2.25. The highest BCUT2D eigenvalue weighted by atomic mass is 79.9. The molecule has 2 rings (SSSR count). The zero-order valence-corrected chi connectivity index (χ0v) is 13.6. The number of piperidine rings is 1. The molecule has 0 bridgehead atoms. The molecule has 1 aromatic heterocycles. The van der Waals surface area contributed by atoms with Crippen molar-refractivity contribution in [1.82, 2.24) is 14.8 Å². The fourth-order valence-electron chi connectivity index (χ4n) is 1.61. The minimum atomic E-state index is -0.368. The molecule has 5 nitrogen and oxygen atoms in total. The number of aromatic nitrogens is 2. The van der Waals surface area contributed by atoms with Crippen LogP contribution < -0.4 is 4.84 Å². The van der Waals surface area contributed by atoms with E-state index in [1.165, 1.54) is 6.42 Å². The smallest absolute Gasteiger partial charge is 0.306 e. The van der Waals surface area contributed by atoms with Crippen molar-refractivity contribution >= 4 is 53.9 Å². The first kappa shape index (κ1) is 13.4. The minimum absolute atomic E-state index is 0.368. The van der Waals surface area contributed by atoms with Crippen molar-refractivity contribution in [2.24, 2.45) is 0 Å². The average molecular weight is 432 g/mol. The van der Waals surface area contributed by atoms with Gasteiger partial charge in [0.05, 0.1) is 4.47 Å². The van der Waals surface area contributed by atoms with Crippen LogP contribution in [0.25, 0.3) is 0 Å². The number of likely N-dealkylation sites (tertiary alicyclic amines) is 1. The highest BCUT2D eigenvalue weighted by Crippen LogP contribution is 2.29. The SMILES string of the molecule is O=C(On1nc(Br)c(Br)c1Br)N1CCCCC1. The fourth-order valence-corrected chi connectivity index (χ4v) is 2.77. The van der Waals surface area contributed by atoms with Crippen LogP contribution in [-0.2, 0) is 0 Å². The topological polar surface area (TPSA) is 47.4 Å². The van der Waals surface area contributed by atoms with Gasteiger partial charge in [-0.05, 0) is 67.1 Å². The lowest BCUT2D eigenvalue weighted by atomic mass is 10.1. The molecule has 0 aliphatic carbocycles. The monoisotopic (exact) mass is 429 g/mol. The molecule has 1 aliphatic heterocycles. The molecular formula is C9H10Br3N3O2. The summed E-state index contributed by atoms with van der Waals surface area (Å²) in [7, 11) is 0. The first-order chi connectivity index (χ1) is 8.09. The molecule has 1 amide bonds. The molecule has 0 N–H and O–H groups in total. The Morgan fingerprint density at radius 1 is 1.18 bits per heavy atom. The van der Waals surface area contributed by atoms with Gasteiger partial charge in [0.2, 0.25) is 0 Å². The third kappa shape index (κ3) is 3.03. The van der Waals surface area contributed by atoms with E-state index in [2.05, 4.69) is 52.9 Å². The summed E-state index contributed by atoms with van der Waals surface area (Å²) in [6.45, 7) is 1.50. The number of carbonyl (C=O) groups excluding carboxylic acids is 1. The maximum Gasteiger partial charge on any atom is 0.435 e. The molecule has 17 heavy (non-hydrogen) atoms. The average Bonchev–Trinajstić information content (AvgIpc) is 2.58. The van der Waals surface area contributed by atoms with Gasteiger partial charge in [-0.25, -0.2) is 4.79 Å². The van der Waals surface area contributed by atoms with Gasteiger partial charge in [-0.1, -0.05) is 4.85 Å². The molecular weight excluding hydrogens is 422 g/mol. The van der Waals surface area contributed by atoms with Crippen molar-refractivity contribution in [3.8, 4) is 0 Å². The standard InChI is InChI=1S/C9H10Br3N3O2/c10-6-7(11)13-15(8(6)12)17-9(16)14-4-2-1-3-5-14/h1-5H2. The molecule has 0 aromatic carbocycles. The van der Waals surface area contributed by atoms with Crippen LogP contribution in [0.3, 0.4) is 0 Å². The Balaban J connectivity index is 2.04. The summed E-state index contributed by atoms with van der Waals surface area (Å²) in [5.74, 6) is 0. The van der Waals surface area contributed by atoms with E-state index in [-0.39, 0.29) is 6.09 Å². The van der Waals surface area contributed by atoms with Crippen molar-refractivity contribution in [3.05, 3.63) is 13.7 Å². The molecule has 0 radical (unpaired) electrons. The minimum Gasteiger partial charge on any atom is -0.306 e. The first-order valence-corrected chi connectivity index (χ1v) is 7.54. The lowest BCUT2D eigenvalue weighted by molar-refractivity contribution is 0.0702. The van der Waals surface area contributed by atoms with E-state index in [0.29, 0.717) is 13.7 Å². The zero-order valence-electron chi connectivity index (χ0n) is 8.83. The maximum absolute atomic E-state index is 11.8. The van der Waals surface area contributed by atoms with Gasteiger partial charge in [-0.2, -0.15) is 0 Å². The van der Waals surface area contributed by atoms with Gasteiger partial charge in [-0.15, -0.1) is 5.10 Å². The highest BCUT2D eigenvalue weighted by molar-refractivity contribution is 9.14. The number of hydrogen-bond acceptors (Lipinski definition) is 3. The predicted molar refractivity (Wildman–Crippen MR) is 72.7 cm³/mol. The lowest BCUT2D eigenvalue weighted by Crippen LogP contribution is -2.40. The van der Waals surface area contributed by atoms with Crippen LogP contribution in [0, 0.1) is 0 Å². The number of hydrogen-bond donors (Lipinski definition) is 0. The van der Waals surface area contributed by atoms with Gasteiger partial charge in [0.15, 0.2) is 4.60 Å². The van der Waals surface area contributed by atoms with Gasteiger partial charge < -0.3 is 4.90 Å². The summed E-state index contributed by atoms with van der Waals surface area (Å²) in [6.07, 6.45) is 2.87. The second-order valence-corrected chi connectivity index (χ2v) is 5.97. The summed E-state index contributed by atoms with van der Waals surface area (Å²) in [5.41, 5.74) is 0. The van der Waals surface area contributed by atoms with E-state index < -0.39 is 0 Å². The van der Waals surface area contributed by atoms with E-state index in [4.69, 9.17) is 4.84 Å². The Morgan fingerprint density at radius 3 is 2.35 bits per heavy atom. The third-order valence-electron chi connectivity index (χ3n) is 2.49. The van der Waals surface area contributed by atoms with E-state index in [1.54, 1.807) is 4.90 Å². The summed E-state index contributed by atoms with van der Waals surface area (Å²) < 4.78 is 1.86. The highest BCUT2D eigenvalue weighted by Gasteiger charge is 2.21. The van der Waals surface area contributed by atoms with Crippen LogP contribution in [0.5, 0.6) is 0 Å². The molecule has 0 spiro atoms. The van der Waals surface area contributed by atoms with Crippen LogP contribution in [-0.4, -0.2) is 34.0 Å². The van der Waals surface area contributed by atoms with Crippen LogP contribution in [0.4, 0.5) is 4.79 Å². The van der Waals surface area contributed by atoms with Gasteiger partial charge >= 0.3 is 6.09 Å². The molecule has 0 atom stereocenters. The number of nitrogens with zero attached hydrogens (tertiary/aromatic N) is 3. The summed E-state index contributed by atoms with van der Waals surface area (Å²) >= 11 is 9.82. The molecule has 8 heteroatoms. The quantitative estimate of drug-likeness (QED) is 0.686. The number of rotatable bonds is 1. The van der Waals surface area contributed by atoms with E-state index in [1.807, 2.05) is 0 Å². The van der Waals surface area contributed by atoms with E-state index in [9.17, 15) is 4.79 Å². The summed E-state index contributed by atoms with van der Waals surface area (Å²) in [5, 5.41) is 4.01. The fraction of sp³-hybridized carbons (Fsp3) is 0.556. The van der Waals surface area contributed by atoms with Crippen LogP contribution >= 0.6 is 47.8 Å². The normalized spacial score (nSPS) is 16.1. The molecule has 0 unspecified atom stereocenters. The Morgan fingerprint density at radius 2 is 1.82 bits per heavy atom. The Kier molecular flexibility index (Phi) is 4.48. The summed E-state index contributed by atoms with van der Waals surface area (Å²) in [4.78, 5) is 19.9. The Hall–Kier alpha value is -0.0800. The van der Waals surface area contributed by atoms with E-state index in [0.717, 1.165) is 30.8 Å². The molecule has 1 saturated heterocycles. The number of amides is 1. The van der Waals surface area contributed by atoms with Crippen molar-refractivity contribution in [2.75, 3.05) is 13.1 Å². The van der Waals surface area contributed by atoms with Gasteiger partial charge in [0.25, 0.3) is 0 Å². The Bertz CT molecular complexity index is 429. The third-order valence-corrected chi connectivity index (χ3v) is 5.56. The largest absolute Gasteiger partial charge is 0.435 e. The van der Waals surface area contributed by atoms with Gasteiger partial charge in [0, 0.05) is 13.1 Å². The van der Waals surface area contributed by atoms with Gasteiger partial charge in [0.1, 0.15) is 4.60 Å². The molecule has 0 saturated carbocycles. The van der Waals surface area contributed by atoms with Crippen molar-refractivity contribution in [1.29, 1.82) is 0 Å². The Labute approximate surface area is 124 Å². The molecule has 1 fully saturated rings. The second-order valence-electron chi connectivity index (χ2n) is 3.67. The second kappa shape index (κ2) is 5.71. The van der Waals surface area contributed by atoms with Crippen LogP contribution in [0.15, 0.2) is 13.7 Å². The van der Waals surface area contributed by atoms with Crippen molar-refractivity contribution in [2.45, 2.75) is 19.3 Å². The van der Waals surface area contributed by atoms with Crippen LogP contribution in [0.2, 0.25) is 0 Å². The summed E-state index contributed by atoms with van der Waals surface area (Å²) in [6, 6.07) is 0. The molecule has 1 aromatic rings. The first-order valence-electron chi connectivity index (χ1n) is 5.16.